The number of nitrogens with zero attached hydrogens (tertiary/aromatic N) is 2. The van der Waals surface area contributed by atoms with Crippen molar-refractivity contribution >= 4 is 23.5 Å². The van der Waals surface area contributed by atoms with Crippen LogP contribution < -0.4 is 5.43 Å². The molecule has 0 aromatic rings. The Labute approximate surface area is 111 Å². The second kappa shape index (κ2) is 5.81. The standard InChI is InChI=1S/C12H19N3O4/c1-12(2,3)15(7-6-10(17)18)11(19)8-4-5-9(16)14-13-8/h4-7H2,1-3H3,(H,14,16)(H,17,18). The van der Waals surface area contributed by atoms with E-state index in [9.17, 15) is 14.4 Å². The van der Waals surface area contributed by atoms with Gasteiger partial charge in [-0.1, -0.05) is 0 Å². The molecule has 0 unspecified atom stereocenters. The van der Waals surface area contributed by atoms with Crippen LogP contribution in [0.4, 0.5) is 0 Å². The topological polar surface area (TPSA) is 99.1 Å². The van der Waals surface area contributed by atoms with Crippen LogP contribution in [0.1, 0.15) is 40.0 Å². The summed E-state index contributed by atoms with van der Waals surface area (Å²) in [5.74, 6) is -1.50. The van der Waals surface area contributed by atoms with Crippen molar-refractivity contribution in [2.75, 3.05) is 6.54 Å². The van der Waals surface area contributed by atoms with E-state index in [1.165, 1.54) is 4.90 Å². The van der Waals surface area contributed by atoms with Gasteiger partial charge in [0.15, 0.2) is 0 Å². The monoisotopic (exact) mass is 269 g/mol. The highest BCUT2D eigenvalue weighted by Gasteiger charge is 2.31. The molecule has 0 bridgehead atoms. The molecule has 2 N–H and O–H groups in total. The van der Waals surface area contributed by atoms with Crippen LogP contribution in [-0.4, -0.2) is 45.6 Å². The van der Waals surface area contributed by atoms with Crippen molar-refractivity contribution in [3.05, 3.63) is 0 Å². The minimum absolute atomic E-state index is 0.116. The number of aliphatic carboxylic acids is 1. The molecule has 1 rings (SSSR count). The highest BCUT2D eigenvalue weighted by molar-refractivity contribution is 6.39. The lowest BCUT2D eigenvalue weighted by molar-refractivity contribution is -0.138. The third-order valence-corrected chi connectivity index (χ3v) is 2.76. The van der Waals surface area contributed by atoms with Gasteiger partial charge < -0.3 is 10.0 Å². The summed E-state index contributed by atoms with van der Waals surface area (Å²) in [5.41, 5.74) is 2.03. The number of hydrogen-bond acceptors (Lipinski definition) is 4. The van der Waals surface area contributed by atoms with Gasteiger partial charge in [0.2, 0.25) is 5.91 Å². The quantitative estimate of drug-likeness (QED) is 0.769. The van der Waals surface area contributed by atoms with Crippen LogP contribution in [0.5, 0.6) is 0 Å². The van der Waals surface area contributed by atoms with Gasteiger partial charge in [-0.2, -0.15) is 5.10 Å². The average molecular weight is 269 g/mol. The van der Waals surface area contributed by atoms with Gasteiger partial charge in [0, 0.05) is 24.9 Å². The first-order valence-electron chi connectivity index (χ1n) is 6.11. The zero-order valence-corrected chi connectivity index (χ0v) is 11.4. The number of carbonyl (C=O) groups is 3. The van der Waals surface area contributed by atoms with E-state index < -0.39 is 11.5 Å². The molecule has 106 valence electrons. The fourth-order valence-corrected chi connectivity index (χ4v) is 1.73. The zero-order chi connectivity index (χ0) is 14.6. The number of rotatable bonds is 4. The van der Waals surface area contributed by atoms with Crippen LogP contribution in [0.2, 0.25) is 0 Å². The summed E-state index contributed by atoms with van der Waals surface area (Å²) in [4.78, 5) is 35.4. The summed E-state index contributed by atoms with van der Waals surface area (Å²) >= 11 is 0. The fourth-order valence-electron chi connectivity index (χ4n) is 1.73. The Bertz CT molecular complexity index is 423. The Balaban J connectivity index is 2.83. The maximum Gasteiger partial charge on any atom is 0.305 e. The normalized spacial score (nSPS) is 15.5. The van der Waals surface area contributed by atoms with Crippen molar-refractivity contribution in [1.82, 2.24) is 10.3 Å². The Hall–Kier alpha value is -1.92. The number of carbonyl (C=O) groups excluding carboxylic acids is 2. The molecule has 0 saturated carbocycles. The van der Waals surface area contributed by atoms with Crippen LogP contribution in [-0.2, 0) is 14.4 Å². The van der Waals surface area contributed by atoms with Crippen LogP contribution in [0.3, 0.4) is 0 Å². The Morgan fingerprint density at radius 1 is 1.37 bits per heavy atom. The Morgan fingerprint density at radius 3 is 2.42 bits per heavy atom. The lowest BCUT2D eigenvalue weighted by Crippen LogP contribution is -2.50. The number of carboxylic acid groups (broad SMARTS) is 1. The average Bonchev–Trinajstić information content (AvgIpc) is 2.27. The largest absolute Gasteiger partial charge is 0.481 e. The maximum absolute atomic E-state index is 12.3. The summed E-state index contributed by atoms with van der Waals surface area (Å²) in [6.45, 7) is 5.60. The Kier molecular flexibility index (Phi) is 4.63. The summed E-state index contributed by atoms with van der Waals surface area (Å²) in [6.07, 6.45) is 0.383. The summed E-state index contributed by atoms with van der Waals surface area (Å²) in [6, 6.07) is 0. The molecule has 0 radical (unpaired) electrons. The molecule has 7 nitrogen and oxygen atoms in total. The van der Waals surface area contributed by atoms with Crippen molar-refractivity contribution in [1.29, 1.82) is 0 Å². The first kappa shape index (κ1) is 15.1. The first-order chi connectivity index (χ1) is 8.71. The van der Waals surface area contributed by atoms with Crippen molar-refractivity contribution in [2.24, 2.45) is 5.10 Å². The first-order valence-corrected chi connectivity index (χ1v) is 6.11. The van der Waals surface area contributed by atoms with Crippen molar-refractivity contribution in [3.63, 3.8) is 0 Å². The molecule has 19 heavy (non-hydrogen) atoms. The predicted octanol–water partition coefficient (Wildman–Crippen LogP) is 0.354. The summed E-state index contributed by atoms with van der Waals surface area (Å²) in [7, 11) is 0. The van der Waals surface area contributed by atoms with Gasteiger partial charge in [0.25, 0.3) is 5.91 Å². The SMILES string of the molecule is CC(C)(C)N(CCC(=O)O)C(=O)C1=NNC(=O)CC1. The lowest BCUT2D eigenvalue weighted by atomic mass is 10.0. The van der Waals surface area contributed by atoms with Crippen LogP contribution >= 0.6 is 0 Å². The van der Waals surface area contributed by atoms with E-state index >= 15 is 0 Å². The van der Waals surface area contributed by atoms with E-state index in [2.05, 4.69) is 10.5 Å². The van der Waals surface area contributed by atoms with Gasteiger partial charge in [-0.25, -0.2) is 5.43 Å². The number of amides is 2. The molecule has 0 fully saturated rings. The molecule has 1 heterocycles. The highest BCUT2D eigenvalue weighted by Crippen LogP contribution is 2.16. The van der Waals surface area contributed by atoms with Gasteiger partial charge in [0.1, 0.15) is 5.71 Å². The molecule has 0 aromatic heterocycles. The van der Waals surface area contributed by atoms with Gasteiger partial charge in [-0.05, 0) is 20.8 Å². The van der Waals surface area contributed by atoms with Crippen molar-refractivity contribution < 1.29 is 19.5 Å². The van der Waals surface area contributed by atoms with Crippen molar-refractivity contribution in [3.8, 4) is 0 Å². The van der Waals surface area contributed by atoms with Crippen molar-refractivity contribution in [2.45, 2.75) is 45.6 Å². The molecule has 0 saturated heterocycles. The van der Waals surface area contributed by atoms with E-state index in [1.807, 2.05) is 20.8 Å². The van der Waals surface area contributed by atoms with Gasteiger partial charge in [0.05, 0.1) is 6.42 Å². The van der Waals surface area contributed by atoms with Gasteiger partial charge in [-0.15, -0.1) is 0 Å². The molecule has 0 atom stereocenters. The third kappa shape index (κ3) is 4.35. The van der Waals surface area contributed by atoms with Gasteiger partial charge in [-0.3, -0.25) is 14.4 Å². The molecule has 0 spiro atoms. The Morgan fingerprint density at radius 2 is 2.00 bits per heavy atom. The van der Waals surface area contributed by atoms with Gasteiger partial charge >= 0.3 is 5.97 Å². The van der Waals surface area contributed by atoms with E-state index in [4.69, 9.17) is 5.11 Å². The van der Waals surface area contributed by atoms with E-state index in [1.54, 1.807) is 0 Å². The third-order valence-electron chi connectivity index (χ3n) is 2.76. The number of hydrogen-bond donors (Lipinski definition) is 2. The number of hydrazone groups is 1. The van der Waals surface area contributed by atoms with E-state index in [-0.39, 0.29) is 43.3 Å². The molecular weight excluding hydrogens is 250 g/mol. The van der Waals surface area contributed by atoms with Crippen LogP contribution in [0.15, 0.2) is 5.10 Å². The summed E-state index contributed by atoms with van der Waals surface area (Å²) < 4.78 is 0. The zero-order valence-electron chi connectivity index (χ0n) is 11.4. The molecular formula is C12H19N3O4. The molecule has 7 heteroatoms. The summed E-state index contributed by atoms with van der Waals surface area (Å²) in [5, 5.41) is 12.5. The molecule has 2 amide bonds. The molecule has 0 aliphatic carbocycles. The maximum atomic E-state index is 12.3. The molecule has 0 aromatic carbocycles. The van der Waals surface area contributed by atoms with E-state index in [0.29, 0.717) is 0 Å². The van der Waals surface area contributed by atoms with Crippen LogP contribution in [0.25, 0.3) is 0 Å². The lowest BCUT2D eigenvalue weighted by Gasteiger charge is -2.36. The second-order valence-electron chi connectivity index (χ2n) is 5.36. The fraction of sp³-hybridized carbons (Fsp3) is 0.667. The number of nitrogens with one attached hydrogen (secondary N) is 1. The smallest absolute Gasteiger partial charge is 0.305 e. The number of carboxylic acids is 1. The second-order valence-corrected chi connectivity index (χ2v) is 5.36. The minimum atomic E-state index is -0.957. The minimum Gasteiger partial charge on any atom is -0.481 e. The highest BCUT2D eigenvalue weighted by atomic mass is 16.4. The molecule has 1 aliphatic heterocycles. The molecule has 1 aliphatic rings. The van der Waals surface area contributed by atoms with Crippen LogP contribution in [0, 0.1) is 0 Å². The predicted molar refractivity (Wildman–Crippen MR) is 68.5 cm³/mol. The van der Waals surface area contributed by atoms with E-state index in [0.717, 1.165) is 0 Å².